The fourth-order valence-corrected chi connectivity index (χ4v) is 1.43. The van der Waals surface area contributed by atoms with Crippen LogP contribution < -0.4 is 5.73 Å². The topological polar surface area (TPSA) is 46.3 Å². The van der Waals surface area contributed by atoms with Crippen LogP contribution in [0, 0.1) is 0 Å². The highest BCUT2D eigenvalue weighted by Gasteiger charge is 2.16. The molecule has 0 saturated carbocycles. The van der Waals surface area contributed by atoms with Crippen molar-refractivity contribution in [3.8, 4) is 0 Å². The Balaban J connectivity index is 2.29. The first-order valence-electron chi connectivity index (χ1n) is 4.26. The molecule has 1 aliphatic heterocycles. The molecule has 12 heavy (non-hydrogen) atoms. The van der Waals surface area contributed by atoms with E-state index in [1.165, 1.54) is 0 Å². The number of rotatable bonds is 3. The highest BCUT2D eigenvalue weighted by atomic mass is 32.1. The van der Waals surface area contributed by atoms with Crippen LogP contribution in [0.25, 0.3) is 0 Å². The molecule has 0 bridgehead atoms. The number of piperidine rings is 1. The van der Waals surface area contributed by atoms with Gasteiger partial charge in [-0.2, -0.15) is 0 Å². The lowest BCUT2D eigenvalue weighted by Crippen LogP contribution is -2.37. The summed E-state index contributed by atoms with van der Waals surface area (Å²) in [5, 5.41) is 0. The number of thiocarbonyl (C=S) groups is 1. The van der Waals surface area contributed by atoms with E-state index >= 15 is 0 Å². The van der Waals surface area contributed by atoms with Gasteiger partial charge in [-0.3, -0.25) is 4.79 Å². The minimum absolute atomic E-state index is 0.248. The molecule has 1 rings (SSSR count). The molecule has 0 aromatic heterocycles. The Kier molecular flexibility index (Phi) is 3.47. The predicted octanol–water partition coefficient (Wildman–Crippen LogP) is 0.675. The Bertz CT molecular complexity index is 193. The van der Waals surface area contributed by atoms with Gasteiger partial charge in [0.2, 0.25) is 5.91 Å². The van der Waals surface area contributed by atoms with Gasteiger partial charge in [0.15, 0.2) is 0 Å². The van der Waals surface area contributed by atoms with Gasteiger partial charge < -0.3 is 10.6 Å². The first-order chi connectivity index (χ1) is 5.70. The first kappa shape index (κ1) is 9.45. The van der Waals surface area contributed by atoms with E-state index in [1.54, 1.807) is 0 Å². The van der Waals surface area contributed by atoms with Crippen LogP contribution in [0.3, 0.4) is 0 Å². The number of nitrogens with zero attached hydrogens (tertiary/aromatic N) is 1. The molecular formula is C8H14N2OS. The van der Waals surface area contributed by atoms with Gasteiger partial charge in [-0.1, -0.05) is 12.2 Å². The fraction of sp³-hybridized carbons (Fsp3) is 0.750. The van der Waals surface area contributed by atoms with Crippen LogP contribution in [0.1, 0.15) is 25.7 Å². The maximum absolute atomic E-state index is 11.2. The molecule has 1 fully saturated rings. The first-order valence-corrected chi connectivity index (χ1v) is 4.67. The van der Waals surface area contributed by atoms with E-state index in [9.17, 15) is 4.79 Å². The van der Waals surface area contributed by atoms with E-state index in [-0.39, 0.29) is 5.91 Å². The molecular weight excluding hydrogens is 172 g/mol. The summed E-state index contributed by atoms with van der Waals surface area (Å²) in [6.45, 7) is 1.58. The van der Waals surface area contributed by atoms with Crippen molar-refractivity contribution >= 4 is 23.1 Å². The van der Waals surface area contributed by atoms with Crippen molar-refractivity contribution in [2.75, 3.05) is 13.1 Å². The van der Waals surface area contributed by atoms with E-state index < -0.39 is 0 Å². The van der Waals surface area contributed by atoms with Crippen molar-refractivity contribution in [3.63, 3.8) is 0 Å². The molecule has 1 aliphatic rings. The van der Waals surface area contributed by atoms with Gasteiger partial charge in [-0.25, -0.2) is 0 Å². The number of carbonyl (C=O) groups excluding carboxylic acids is 1. The van der Waals surface area contributed by atoms with Crippen molar-refractivity contribution < 1.29 is 4.79 Å². The van der Waals surface area contributed by atoms with E-state index in [4.69, 9.17) is 18.0 Å². The SMILES string of the molecule is NC(=S)CCN1CCCCC1=O. The van der Waals surface area contributed by atoms with Crippen molar-refractivity contribution in [3.05, 3.63) is 0 Å². The minimum Gasteiger partial charge on any atom is -0.393 e. The highest BCUT2D eigenvalue weighted by Crippen LogP contribution is 2.10. The summed E-state index contributed by atoms with van der Waals surface area (Å²) in [4.78, 5) is 13.6. The third-order valence-electron chi connectivity index (χ3n) is 2.05. The second-order valence-corrected chi connectivity index (χ2v) is 3.58. The molecule has 0 atom stereocenters. The summed E-state index contributed by atoms with van der Waals surface area (Å²) >= 11 is 4.74. The van der Waals surface area contributed by atoms with Gasteiger partial charge in [0.25, 0.3) is 0 Å². The highest BCUT2D eigenvalue weighted by molar-refractivity contribution is 7.80. The molecule has 0 aromatic carbocycles. The molecule has 0 unspecified atom stereocenters. The van der Waals surface area contributed by atoms with Crippen LogP contribution in [0.4, 0.5) is 0 Å². The number of nitrogens with two attached hydrogens (primary N) is 1. The Labute approximate surface area is 77.9 Å². The van der Waals surface area contributed by atoms with Crippen LogP contribution in [-0.2, 0) is 4.79 Å². The van der Waals surface area contributed by atoms with Crippen molar-refractivity contribution in [2.45, 2.75) is 25.7 Å². The standard InChI is InChI=1S/C8H14N2OS/c9-7(12)4-6-10-5-2-1-3-8(10)11/h1-6H2,(H2,9,12). The molecule has 1 amide bonds. The number of amides is 1. The summed E-state index contributed by atoms with van der Waals surface area (Å²) in [7, 11) is 0. The quantitative estimate of drug-likeness (QED) is 0.659. The average Bonchev–Trinajstić information content (AvgIpc) is 2.03. The monoisotopic (exact) mass is 186 g/mol. The predicted molar refractivity (Wildman–Crippen MR) is 51.8 cm³/mol. The molecule has 1 saturated heterocycles. The van der Waals surface area contributed by atoms with Crippen LogP contribution >= 0.6 is 12.2 Å². The van der Waals surface area contributed by atoms with Crippen molar-refractivity contribution in [1.82, 2.24) is 4.90 Å². The summed E-state index contributed by atoms with van der Waals surface area (Å²) in [5.41, 5.74) is 5.35. The molecule has 2 N–H and O–H groups in total. The van der Waals surface area contributed by atoms with Crippen LogP contribution in [0.2, 0.25) is 0 Å². The van der Waals surface area contributed by atoms with Gasteiger partial charge >= 0.3 is 0 Å². The van der Waals surface area contributed by atoms with E-state index in [0.29, 0.717) is 24.4 Å². The second-order valence-electron chi connectivity index (χ2n) is 3.05. The normalized spacial score (nSPS) is 18.0. The lowest BCUT2D eigenvalue weighted by Gasteiger charge is -2.26. The van der Waals surface area contributed by atoms with Crippen LogP contribution in [0.15, 0.2) is 0 Å². The molecule has 0 radical (unpaired) electrons. The summed E-state index contributed by atoms with van der Waals surface area (Å²) < 4.78 is 0. The Morgan fingerprint density at radius 3 is 2.92 bits per heavy atom. The van der Waals surface area contributed by atoms with E-state index in [0.717, 1.165) is 19.4 Å². The maximum Gasteiger partial charge on any atom is 0.222 e. The van der Waals surface area contributed by atoms with Crippen LogP contribution in [0.5, 0.6) is 0 Å². The van der Waals surface area contributed by atoms with Crippen LogP contribution in [-0.4, -0.2) is 28.9 Å². The molecule has 0 aromatic rings. The summed E-state index contributed by atoms with van der Waals surface area (Å²) in [5.74, 6) is 0.248. The van der Waals surface area contributed by atoms with Gasteiger partial charge in [-0.15, -0.1) is 0 Å². The Hall–Kier alpha value is -0.640. The second kappa shape index (κ2) is 4.40. The third-order valence-corrected chi connectivity index (χ3v) is 2.25. The molecule has 4 heteroatoms. The summed E-state index contributed by atoms with van der Waals surface area (Å²) in [6, 6.07) is 0. The lowest BCUT2D eigenvalue weighted by atomic mass is 10.1. The zero-order chi connectivity index (χ0) is 8.97. The maximum atomic E-state index is 11.2. The van der Waals surface area contributed by atoms with Crippen molar-refractivity contribution in [2.24, 2.45) is 5.73 Å². The number of likely N-dealkylation sites (tertiary alicyclic amines) is 1. The number of hydrogen-bond donors (Lipinski definition) is 1. The smallest absolute Gasteiger partial charge is 0.222 e. The minimum atomic E-state index is 0.248. The van der Waals surface area contributed by atoms with Gasteiger partial charge in [0, 0.05) is 25.9 Å². The van der Waals surface area contributed by atoms with Gasteiger partial charge in [-0.05, 0) is 12.8 Å². The fourth-order valence-electron chi connectivity index (χ4n) is 1.34. The van der Waals surface area contributed by atoms with Gasteiger partial charge in [0.1, 0.15) is 0 Å². The largest absolute Gasteiger partial charge is 0.393 e. The Morgan fingerprint density at radius 2 is 2.33 bits per heavy atom. The molecule has 0 spiro atoms. The summed E-state index contributed by atoms with van der Waals surface area (Å²) in [6.07, 6.45) is 3.49. The Morgan fingerprint density at radius 1 is 1.58 bits per heavy atom. The molecule has 1 heterocycles. The zero-order valence-corrected chi connectivity index (χ0v) is 7.90. The number of hydrogen-bond acceptors (Lipinski definition) is 2. The van der Waals surface area contributed by atoms with Gasteiger partial charge in [0.05, 0.1) is 4.99 Å². The third kappa shape index (κ3) is 2.77. The number of carbonyl (C=O) groups is 1. The molecule has 3 nitrogen and oxygen atoms in total. The van der Waals surface area contributed by atoms with Crippen molar-refractivity contribution in [1.29, 1.82) is 0 Å². The zero-order valence-electron chi connectivity index (χ0n) is 7.08. The lowest BCUT2D eigenvalue weighted by molar-refractivity contribution is -0.133. The van der Waals surface area contributed by atoms with E-state index in [1.807, 2.05) is 4.90 Å². The molecule has 68 valence electrons. The molecule has 0 aliphatic carbocycles. The van der Waals surface area contributed by atoms with E-state index in [2.05, 4.69) is 0 Å². The average molecular weight is 186 g/mol.